The molecule has 0 bridgehead atoms. The fourth-order valence-electron chi connectivity index (χ4n) is 2.54. The molecule has 3 N–H and O–H groups in total. The van der Waals surface area contributed by atoms with E-state index >= 15 is 0 Å². The number of nitrogens with zero attached hydrogens (tertiary/aromatic N) is 5. The summed E-state index contributed by atoms with van der Waals surface area (Å²) in [6.45, 7) is 6.32. The molecule has 0 spiro atoms. The Bertz CT molecular complexity index is 923. The van der Waals surface area contributed by atoms with Crippen LogP contribution in [0.5, 0.6) is 0 Å². The van der Waals surface area contributed by atoms with Gasteiger partial charge in [-0.1, -0.05) is 32.0 Å². The second kappa shape index (κ2) is 7.18. The number of carboxylic acid groups (broad SMARTS) is 1. The van der Waals surface area contributed by atoms with Crippen molar-refractivity contribution in [2.24, 2.45) is 0 Å². The molecule has 0 aliphatic carbocycles. The van der Waals surface area contributed by atoms with Gasteiger partial charge in [-0.3, -0.25) is 4.79 Å². The minimum atomic E-state index is -0.952. The van der Waals surface area contributed by atoms with Gasteiger partial charge in [-0.2, -0.15) is 4.98 Å². The molecular weight excluding hydrogens is 348 g/mol. The first-order chi connectivity index (χ1) is 12.7. The number of rotatable bonds is 6. The molecule has 0 aliphatic rings. The fourth-order valence-corrected chi connectivity index (χ4v) is 2.54. The van der Waals surface area contributed by atoms with Gasteiger partial charge in [0.1, 0.15) is 11.7 Å². The van der Waals surface area contributed by atoms with Crippen LogP contribution in [0.3, 0.4) is 0 Å². The molecule has 9 heteroatoms. The fraction of sp³-hybridized carbons (Fsp3) is 0.389. The number of carboxylic acids is 1. The van der Waals surface area contributed by atoms with Gasteiger partial charge in [-0.25, -0.2) is 9.97 Å². The Hall–Kier alpha value is -3.23. The average molecular weight is 370 g/mol. The number of pyridine rings is 1. The van der Waals surface area contributed by atoms with E-state index in [-0.39, 0.29) is 11.8 Å². The molecule has 3 rings (SSSR count). The Morgan fingerprint density at radius 3 is 2.70 bits per heavy atom. The zero-order chi connectivity index (χ0) is 19.6. The summed E-state index contributed by atoms with van der Waals surface area (Å²) >= 11 is 0. The molecule has 0 aromatic carbocycles. The number of hydrogen-bond acceptors (Lipinski definition) is 7. The van der Waals surface area contributed by atoms with Gasteiger partial charge in [0, 0.05) is 17.8 Å². The Morgan fingerprint density at radius 2 is 2.11 bits per heavy atom. The van der Waals surface area contributed by atoms with E-state index < -0.39 is 11.9 Å². The predicted octanol–water partition coefficient (Wildman–Crippen LogP) is 2.00. The van der Waals surface area contributed by atoms with Gasteiger partial charge in [-0.05, 0) is 18.1 Å². The first-order valence-electron chi connectivity index (χ1n) is 8.50. The molecule has 27 heavy (non-hydrogen) atoms. The monoisotopic (exact) mass is 370 g/mol. The smallest absolute Gasteiger partial charge is 0.312 e. The van der Waals surface area contributed by atoms with Crippen LogP contribution in [0, 0.1) is 0 Å². The third-order valence-corrected chi connectivity index (χ3v) is 4.03. The maximum absolute atomic E-state index is 11.7. The summed E-state index contributed by atoms with van der Waals surface area (Å²) in [5, 5.41) is 13.6. The quantitative estimate of drug-likeness (QED) is 0.673. The first-order valence-corrected chi connectivity index (χ1v) is 8.50. The SMILES string of the molecule is CC(C)(C)c1nc(Cn2cnc(C(Cc3ccc(N)nc3)C(=O)O)c2)no1. The Kier molecular flexibility index (Phi) is 4.93. The lowest BCUT2D eigenvalue weighted by molar-refractivity contribution is -0.138. The van der Waals surface area contributed by atoms with Gasteiger partial charge in [-0.15, -0.1) is 0 Å². The van der Waals surface area contributed by atoms with Crippen molar-refractivity contribution in [2.75, 3.05) is 5.73 Å². The minimum Gasteiger partial charge on any atom is -0.481 e. The van der Waals surface area contributed by atoms with Crippen LogP contribution in [-0.4, -0.2) is 35.8 Å². The van der Waals surface area contributed by atoms with Crippen LogP contribution in [0.4, 0.5) is 5.82 Å². The van der Waals surface area contributed by atoms with Crippen molar-refractivity contribution in [3.05, 3.63) is 53.8 Å². The Labute approximate surface area is 156 Å². The molecule has 0 fully saturated rings. The molecule has 0 saturated carbocycles. The summed E-state index contributed by atoms with van der Waals surface area (Å²) < 4.78 is 7.02. The van der Waals surface area contributed by atoms with E-state index in [1.807, 2.05) is 20.8 Å². The highest BCUT2D eigenvalue weighted by atomic mass is 16.5. The number of imidazole rings is 1. The lowest BCUT2D eigenvalue weighted by Crippen LogP contribution is -2.15. The van der Waals surface area contributed by atoms with Crippen molar-refractivity contribution < 1.29 is 14.4 Å². The highest BCUT2D eigenvalue weighted by Gasteiger charge is 2.24. The maximum Gasteiger partial charge on any atom is 0.312 e. The molecule has 3 heterocycles. The summed E-state index contributed by atoms with van der Waals surface area (Å²) in [6.07, 6.45) is 5.11. The van der Waals surface area contributed by atoms with Gasteiger partial charge >= 0.3 is 5.97 Å². The standard InChI is InChI=1S/C18H22N6O3/c1-18(2,3)17-22-15(23-27-17)9-24-8-13(21-10-24)12(16(25)26)6-11-4-5-14(19)20-7-11/h4-5,7-8,10,12H,6,9H2,1-3H3,(H2,19,20)(H,25,26). The minimum absolute atomic E-state index is 0.229. The van der Waals surface area contributed by atoms with Gasteiger partial charge in [0.25, 0.3) is 0 Å². The number of nitrogen functional groups attached to an aromatic ring is 1. The van der Waals surface area contributed by atoms with Crippen LogP contribution in [-0.2, 0) is 23.2 Å². The van der Waals surface area contributed by atoms with E-state index in [0.29, 0.717) is 29.8 Å². The van der Waals surface area contributed by atoms with Gasteiger partial charge in [0.15, 0.2) is 5.82 Å². The molecule has 3 aromatic heterocycles. The molecular formula is C18H22N6O3. The number of nitrogens with two attached hydrogens (primary N) is 1. The molecule has 142 valence electrons. The summed E-state index contributed by atoms with van der Waals surface area (Å²) in [5.41, 5.74) is 6.58. The van der Waals surface area contributed by atoms with Crippen LogP contribution in [0.2, 0.25) is 0 Å². The van der Waals surface area contributed by atoms with Crippen LogP contribution >= 0.6 is 0 Å². The largest absolute Gasteiger partial charge is 0.481 e. The molecule has 0 radical (unpaired) electrons. The molecule has 1 atom stereocenters. The normalized spacial score (nSPS) is 12.9. The van der Waals surface area contributed by atoms with Crippen molar-refractivity contribution in [1.29, 1.82) is 0 Å². The summed E-state index contributed by atoms with van der Waals surface area (Å²) in [7, 11) is 0. The average Bonchev–Trinajstić information content (AvgIpc) is 3.24. The highest BCUT2D eigenvalue weighted by molar-refractivity contribution is 5.75. The number of carbonyl (C=O) groups is 1. The zero-order valence-corrected chi connectivity index (χ0v) is 15.5. The van der Waals surface area contributed by atoms with Gasteiger partial charge in [0.05, 0.1) is 18.6 Å². The van der Waals surface area contributed by atoms with E-state index in [1.54, 1.807) is 35.4 Å². The molecule has 9 nitrogen and oxygen atoms in total. The zero-order valence-electron chi connectivity index (χ0n) is 15.5. The predicted molar refractivity (Wildman–Crippen MR) is 97.1 cm³/mol. The van der Waals surface area contributed by atoms with Crippen LogP contribution in [0.15, 0.2) is 35.4 Å². The highest BCUT2D eigenvalue weighted by Crippen LogP contribution is 2.22. The van der Waals surface area contributed by atoms with Crippen molar-refractivity contribution in [2.45, 2.75) is 45.1 Å². The van der Waals surface area contributed by atoms with Crippen LogP contribution in [0.25, 0.3) is 0 Å². The van der Waals surface area contributed by atoms with E-state index in [0.717, 1.165) is 5.56 Å². The molecule has 3 aromatic rings. The van der Waals surface area contributed by atoms with Crippen molar-refractivity contribution in [1.82, 2.24) is 24.7 Å². The van der Waals surface area contributed by atoms with Gasteiger partial charge < -0.3 is 19.9 Å². The van der Waals surface area contributed by atoms with Crippen LogP contribution in [0.1, 0.15) is 49.7 Å². The van der Waals surface area contributed by atoms with Crippen LogP contribution < -0.4 is 5.73 Å². The lowest BCUT2D eigenvalue weighted by atomic mass is 9.97. The van der Waals surface area contributed by atoms with Gasteiger partial charge in [0.2, 0.25) is 5.89 Å². The van der Waals surface area contributed by atoms with Crippen molar-refractivity contribution in [3.63, 3.8) is 0 Å². The lowest BCUT2D eigenvalue weighted by Gasteiger charge is -2.10. The second-order valence-corrected chi connectivity index (χ2v) is 7.42. The van der Waals surface area contributed by atoms with E-state index in [1.165, 1.54) is 0 Å². The number of anilines is 1. The number of hydrogen-bond donors (Lipinski definition) is 2. The summed E-state index contributed by atoms with van der Waals surface area (Å²) in [5.74, 6) is -0.279. The molecule has 1 unspecified atom stereocenters. The first kappa shape index (κ1) is 18.6. The summed E-state index contributed by atoms with van der Waals surface area (Å²) in [4.78, 5) is 24.4. The summed E-state index contributed by atoms with van der Waals surface area (Å²) in [6, 6.07) is 3.42. The van der Waals surface area contributed by atoms with Crippen molar-refractivity contribution in [3.8, 4) is 0 Å². The third-order valence-electron chi connectivity index (χ3n) is 4.03. The molecule has 0 amide bonds. The Balaban J connectivity index is 1.75. The number of aliphatic carboxylic acids is 1. The van der Waals surface area contributed by atoms with E-state index in [9.17, 15) is 9.90 Å². The van der Waals surface area contributed by atoms with E-state index in [2.05, 4.69) is 20.1 Å². The Morgan fingerprint density at radius 1 is 1.33 bits per heavy atom. The van der Waals surface area contributed by atoms with Crippen molar-refractivity contribution >= 4 is 11.8 Å². The third kappa shape index (κ3) is 4.49. The molecule has 0 aliphatic heterocycles. The van der Waals surface area contributed by atoms with E-state index in [4.69, 9.17) is 10.3 Å². The number of aromatic nitrogens is 5. The maximum atomic E-state index is 11.7. The topological polar surface area (TPSA) is 133 Å². The molecule has 0 saturated heterocycles. The second-order valence-electron chi connectivity index (χ2n) is 7.42.